The van der Waals surface area contributed by atoms with E-state index < -0.39 is 11.9 Å². The second-order valence-electron chi connectivity index (χ2n) is 8.18. The third kappa shape index (κ3) is 4.28. The van der Waals surface area contributed by atoms with Crippen LogP contribution in [0.3, 0.4) is 0 Å². The van der Waals surface area contributed by atoms with Crippen LogP contribution in [-0.2, 0) is 4.79 Å². The van der Waals surface area contributed by atoms with Gasteiger partial charge in [-0.2, -0.15) is 0 Å². The van der Waals surface area contributed by atoms with Crippen LogP contribution >= 0.6 is 23.2 Å². The third-order valence-corrected chi connectivity index (χ3v) is 7.16. The second kappa shape index (κ2) is 8.35. The fraction of sp³-hybridized carbons (Fsp3) is 0.591. The van der Waals surface area contributed by atoms with Gasteiger partial charge in [-0.3, -0.25) is 4.79 Å². The molecule has 0 aliphatic heterocycles. The van der Waals surface area contributed by atoms with E-state index in [-0.39, 0.29) is 5.92 Å². The van der Waals surface area contributed by atoms with Crippen molar-refractivity contribution in [2.75, 3.05) is 0 Å². The average molecular weight is 395 g/mol. The molecule has 1 N–H and O–H groups in total. The van der Waals surface area contributed by atoms with Crippen LogP contribution in [-0.4, -0.2) is 11.1 Å². The normalized spacial score (nSPS) is 27.1. The van der Waals surface area contributed by atoms with Crippen LogP contribution in [0.1, 0.15) is 69.8 Å². The SMILES string of the molecule is CCC(C(=O)O)C(CC=CCC12CCC(CC1)C2)c1ccc(Cl)cc1Cl. The molecule has 2 aliphatic rings. The molecule has 1 aromatic rings. The molecule has 0 saturated heterocycles. The topological polar surface area (TPSA) is 37.3 Å². The van der Waals surface area contributed by atoms with Crippen LogP contribution < -0.4 is 0 Å². The van der Waals surface area contributed by atoms with Gasteiger partial charge in [0.1, 0.15) is 0 Å². The average Bonchev–Trinajstić information content (AvgIpc) is 3.19. The summed E-state index contributed by atoms with van der Waals surface area (Å²) in [5.41, 5.74) is 1.42. The molecular formula is C22H28Cl2O2. The minimum Gasteiger partial charge on any atom is -0.481 e. The highest BCUT2D eigenvalue weighted by molar-refractivity contribution is 6.35. The molecule has 4 heteroatoms. The molecule has 3 rings (SSSR count). The number of hydrogen-bond acceptors (Lipinski definition) is 1. The Morgan fingerprint density at radius 1 is 1.31 bits per heavy atom. The molecule has 2 bridgehead atoms. The summed E-state index contributed by atoms with van der Waals surface area (Å²) < 4.78 is 0. The standard InChI is InChI=1S/C22H28Cl2O2/c1-2-17(21(25)26)18(19-7-6-16(23)13-20(19)24)5-3-4-10-22-11-8-15(14-22)9-12-22/h3-4,6-7,13,15,17-18H,2,5,8-12,14H2,1H3,(H,25,26). The molecule has 0 aromatic heterocycles. The van der Waals surface area contributed by atoms with E-state index in [1.54, 1.807) is 12.1 Å². The molecule has 2 nitrogen and oxygen atoms in total. The van der Waals surface area contributed by atoms with Gasteiger partial charge in [0.2, 0.25) is 0 Å². The zero-order chi connectivity index (χ0) is 18.7. The molecule has 26 heavy (non-hydrogen) atoms. The van der Waals surface area contributed by atoms with Gasteiger partial charge in [0, 0.05) is 16.0 Å². The van der Waals surface area contributed by atoms with Crippen molar-refractivity contribution in [1.82, 2.24) is 0 Å². The van der Waals surface area contributed by atoms with E-state index >= 15 is 0 Å². The Kier molecular flexibility index (Phi) is 6.35. The summed E-state index contributed by atoms with van der Waals surface area (Å²) in [5.74, 6) is -0.375. The van der Waals surface area contributed by atoms with Gasteiger partial charge in [0.15, 0.2) is 0 Å². The molecule has 2 saturated carbocycles. The van der Waals surface area contributed by atoms with E-state index in [0.29, 0.717) is 28.3 Å². The maximum Gasteiger partial charge on any atom is 0.307 e. The predicted molar refractivity (Wildman–Crippen MR) is 108 cm³/mol. The van der Waals surface area contributed by atoms with Crippen LogP contribution in [0.4, 0.5) is 0 Å². The number of carboxylic acids is 1. The Hall–Kier alpha value is -0.990. The van der Waals surface area contributed by atoms with Crippen molar-refractivity contribution < 1.29 is 9.90 Å². The Morgan fingerprint density at radius 2 is 2.04 bits per heavy atom. The van der Waals surface area contributed by atoms with Crippen molar-refractivity contribution in [3.8, 4) is 0 Å². The molecule has 0 heterocycles. The van der Waals surface area contributed by atoms with Gasteiger partial charge in [0.25, 0.3) is 0 Å². The minimum atomic E-state index is -0.759. The van der Waals surface area contributed by atoms with E-state index in [1.807, 2.05) is 13.0 Å². The summed E-state index contributed by atoms with van der Waals surface area (Å²) in [5, 5.41) is 10.8. The first kappa shape index (κ1) is 19.8. The fourth-order valence-corrected chi connectivity index (χ4v) is 5.66. The molecular weight excluding hydrogens is 367 g/mol. The lowest BCUT2D eigenvalue weighted by Gasteiger charge is -2.25. The van der Waals surface area contributed by atoms with Crippen LogP contribution in [0.5, 0.6) is 0 Å². The van der Waals surface area contributed by atoms with Gasteiger partial charge in [-0.15, -0.1) is 0 Å². The first-order valence-electron chi connectivity index (χ1n) is 9.77. The maximum atomic E-state index is 11.8. The summed E-state index contributed by atoms with van der Waals surface area (Å²) in [6.07, 6.45) is 13.8. The van der Waals surface area contributed by atoms with Crippen molar-refractivity contribution in [3.05, 3.63) is 46.0 Å². The highest BCUT2D eigenvalue weighted by Crippen LogP contribution is 2.56. The largest absolute Gasteiger partial charge is 0.481 e. The number of benzene rings is 1. The first-order chi connectivity index (χ1) is 12.4. The zero-order valence-electron chi connectivity index (χ0n) is 15.4. The Morgan fingerprint density at radius 3 is 2.58 bits per heavy atom. The molecule has 0 radical (unpaired) electrons. The molecule has 2 unspecified atom stereocenters. The van der Waals surface area contributed by atoms with Gasteiger partial charge < -0.3 is 5.11 Å². The highest BCUT2D eigenvalue weighted by atomic mass is 35.5. The smallest absolute Gasteiger partial charge is 0.307 e. The number of hydrogen-bond donors (Lipinski definition) is 1. The van der Waals surface area contributed by atoms with Gasteiger partial charge in [-0.25, -0.2) is 0 Å². The number of carbonyl (C=O) groups is 1. The lowest BCUT2D eigenvalue weighted by molar-refractivity contribution is -0.142. The van der Waals surface area contributed by atoms with Crippen LogP contribution in [0.15, 0.2) is 30.4 Å². The maximum absolute atomic E-state index is 11.8. The molecule has 2 fully saturated rings. The Labute approximate surface area is 166 Å². The lowest BCUT2D eigenvalue weighted by atomic mass is 9.80. The molecule has 1 aromatic carbocycles. The van der Waals surface area contributed by atoms with Gasteiger partial charge in [-0.05, 0) is 80.4 Å². The van der Waals surface area contributed by atoms with Crippen molar-refractivity contribution in [2.24, 2.45) is 17.3 Å². The fourth-order valence-electron chi connectivity index (χ4n) is 5.12. The summed E-state index contributed by atoms with van der Waals surface area (Å²) in [4.78, 5) is 11.8. The number of allylic oxidation sites excluding steroid dienone is 2. The lowest BCUT2D eigenvalue weighted by Crippen LogP contribution is -2.21. The Balaban J connectivity index is 1.73. The number of carboxylic acid groups (broad SMARTS) is 1. The van der Waals surface area contributed by atoms with Gasteiger partial charge in [0.05, 0.1) is 5.92 Å². The van der Waals surface area contributed by atoms with Crippen LogP contribution in [0.2, 0.25) is 10.0 Å². The second-order valence-corrected chi connectivity index (χ2v) is 9.03. The quantitative estimate of drug-likeness (QED) is 0.477. The third-order valence-electron chi connectivity index (χ3n) is 6.60. The van der Waals surface area contributed by atoms with E-state index in [0.717, 1.165) is 17.9 Å². The number of aliphatic carboxylic acids is 1. The number of rotatable bonds is 8. The molecule has 2 aliphatic carbocycles. The van der Waals surface area contributed by atoms with Gasteiger partial charge >= 0.3 is 5.97 Å². The highest BCUT2D eigenvalue weighted by Gasteiger charge is 2.43. The van der Waals surface area contributed by atoms with Crippen molar-refractivity contribution >= 4 is 29.2 Å². The van der Waals surface area contributed by atoms with Crippen molar-refractivity contribution in [2.45, 2.75) is 64.2 Å². The van der Waals surface area contributed by atoms with Crippen molar-refractivity contribution in [1.29, 1.82) is 0 Å². The minimum absolute atomic E-state index is 0.129. The van der Waals surface area contributed by atoms with E-state index in [1.165, 1.54) is 32.1 Å². The van der Waals surface area contributed by atoms with Crippen LogP contribution in [0.25, 0.3) is 0 Å². The monoisotopic (exact) mass is 394 g/mol. The summed E-state index contributed by atoms with van der Waals surface area (Å²) in [7, 11) is 0. The molecule has 142 valence electrons. The first-order valence-corrected chi connectivity index (χ1v) is 10.5. The van der Waals surface area contributed by atoms with Gasteiger partial charge in [-0.1, -0.05) is 48.3 Å². The molecule has 0 amide bonds. The number of halogens is 2. The van der Waals surface area contributed by atoms with E-state index in [9.17, 15) is 9.90 Å². The summed E-state index contributed by atoms with van der Waals surface area (Å²) >= 11 is 12.4. The summed E-state index contributed by atoms with van der Waals surface area (Å²) in [6.45, 7) is 1.93. The summed E-state index contributed by atoms with van der Waals surface area (Å²) in [6, 6.07) is 5.39. The van der Waals surface area contributed by atoms with Crippen LogP contribution in [0, 0.1) is 17.3 Å². The molecule has 0 spiro atoms. The molecule has 2 atom stereocenters. The number of fused-ring (bicyclic) bond motifs is 2. The predicted octanol–water partition coefficient (Wildman–Crippen LogP) is 7.10. The zero-order valence-corrected chi connectivity index (χ0v) is 16.9. The Bertz CT molecular complexity index is 675. The van der Waals surface area contributed by atoms with Crippen molar-refractivity contribution in [3.63, 3.8) is 0 Å². The van der Waals surface area contributed by atoms with E-state index in [2.05, 4.69) is 12.2 Å². The van der Waals surface area contributed by atoms with E-state index in [4.69, 9.17) is 23.2 Å².